The number of carboxylic acid groups (broad SMARTS) is 1. The fourth-order valence-electron chi connectivity index (χ4n) is 0.336. The zero-order valence-corrected chi connectivity index (χ0v) is 6.60. The number of hydroxylamine groups is 1. The van der Waals surface area contributed by atoms with Gasteiger partial charge in [-0.3, -0.25) is 0 Å². The van der Waals surface area contributed by atoms with Gasteiger partial charge in [-0.1, -0.05) is 0 Å². The lowest BCUT2D eigenvalue weighted by molar-refractivity contribution is 0.0176. The zero-order chi connectivity index (χ0) is 10.3. The molecular formula is C5H7NO7. The lowest BCUT2D eigenvalue weighted by Crippen LogP contribution is -2.28. The van der Waals surface area contributed by atoms with Crippen LogP contribution in [0.15, 0.2) is 0 Å². The minimum absolute atomic E-state index is 0.0865. The lowest BCUT2D eigenvalue weighted by Gasteiger charge is -2.02. The Labute approximate surface area is 72.3 Å². The van der Waals surface area contributed by atoms with Gasteiger partial charge in [-0.2, -0.15) is 0 Å². The van der Waals surface area contributed by atoms with E-state index in [0.717, 1.165) is 0 Å². The van der Waals surface area contributed by atoms with E-state index in [1.54, 1.807) is 0 Å². The Bertz CT molecular complexity index is 213. The monoisotopic (exact) mass is 193 g/mol. The molecule has 8 nitrogen and oxygen atoms in total. The van der Waals surface area contributed by atoms with Gasteiger partial charge in [0.15, 0.2) is 0 Å². The van der Waals surface area contributed by atoms with E-state index in [2.05, 4.69) is 14.3 Å². The third-order valence-electron chi connectivity index (χ3n) is 0.664. The first-order valence-electron chi connectivity index (χ1n) is 3.10. The number of carbonyl (C=O) groups excluding carboxylic acids is 2. The minimum atomic E-state index is -1.84. The van der Waals surface area contributed by atoms with Crippen LogP contribution in [-0.2, 0) is 14.3 Å². The molecule has 0 saturated carbocycles. The maximum atomic E-state index is 10.4. The maximum Gasteiger partial charge on any atom is 0.543 e. The van der Waals surface area contributed by atoms with Crippen LogP contribution in [0.3, 0.4) is 0 Å². The summed E-state index contributed by atoms with van der Waals surface area (Å²) in [5, 5.41) is 7.89. The summed E-state index contributed by atoms with van der Waals surface area (Å²) in [5.74, 6) is 0. The van der Waals surface area contributed by atoms with Crippen molar-refractivity contribution in [1.82, 2.24) is 5.48 Å². The van der Waals surface area contributed by atoms with Crippen LogP contribution in [0.4, 0.5) is 14.4 Å². The van der Waals surface area contributed by atoms with E-state index < -0.39 is 18.4 Å². The average Bonchev–Trinajstić information content (AvgIpc) is 2.00. The van der Waals surface area contributed by atoms with Crippen molar-refractivity contribution in [3.05, 3.63) is 0 Å². The van der Waals surface area contributed by atoms with Crippen molar-refractivity contribution in [2.45, 2.75) is 6.92 Å². The normalized spacial score (nSPS) is 8.38. The Morgan fingerprint density at radius 3 is 2.46 bits per heavy atom. The number of nitrogens with one attached hydrogen (secondary N) is 1. The highest BCUT2D eigenvalue weighted by molar-refractivity contribution is 5.76. The van der Waals surface area contributed by atoms with Crippen LogP contribution in [0.5, 0.6) is 0 Å². The summed E-state index contributed by atoms with van der Waals surface area (Å²) in [6.45, 7) is 1.62. The molecule has 0 aliphatic heterocycles. The van der Waals surface area contributed by atoms with Gasteiger partial charge in [-0.05, 0) is 6.92 Å². The molecule has 0 aromatic heterocycles. The fourth-order valence-corrected chi connectivity index (χ4v) is 0.336. The highest BCUT2D eigenvalue weighted by Gasteiger charge is 2.11. The fraction of sp³-hybridized carbons (Fsp3) is 0.400. The topological polar surface area (TPSA) is 111 Å². The van der Waals surface area contributed by atoms with Crippen LogP contribution in [0.2, 0.25) is 0 Å². The molecule has 2 N–H and O–H groups in total. The molecule has 0 unspecified atom stereocenters. The third kappa shape index (κ3) is 6.41. The quantitative estimate of drug-likeness (QED) is 0.353. The Balaban J connectivity index is 3.58. The molecule has 0 saturated heterocycles. The van der Waals surface area contributed by atoms with Crippen molar-refractivity contribution in [3.63, 3.8) is 0 Å². The van der Waals surface area contributed by atoms with Gasteiger partial charge in [-0.25, -0.2) is 14.4 Å². The summed E-state index contributed by atoms with van der Waals surface area (Å²) < 4.78 is 7.73. The second-order valence-electron chi connectivity index (χ2n) is 1.54. The zero-order valence-electron chi connectivity index (χ0n) is 6.60. The summed E-state index contributed by atoms with van der Waals surface area (Å²) in [7, 11) is 0. The van der Waals surface area contributed by atoms with Gasteiger partial charge < -0.3 is 19.4 Å². The van der Waals surface area contributed by atoms with Gasteiger partial charge in [0.05, 0.1) is 6.61 Å². The Morgan fingerprint density at radius 1 is 1.38 bits per heavy atom. The predicted octanol–water partition coefficient (Wildman–Crippen LogP) is 0.479. The van der Waals surface area contributed by atoms with E-state index in [-0.39, 0.29) is 6.61 Å². The number of amides is 1. The van der Waals surface area contributed by atoms with Gasteiger partial charge in [0.25, 0.3) is 0 Å². The first-order valence-corrected chi connectivity index (χ1v) is 3.10. The molecule has 8 heteroatoms. The van der Waals surface area contributed by atoms with Crippen LogP contribution < -0.4 is 5.48 Å². The summed E-state index contributed by atoms with van der Waals surface area (Å²) in [6, 6.07) is 0. The van der Waals surface area contributed by atoms with Gasteiger partial charge in [0.2, 0.25) is 0 Å². The summed E-state index contributed by atoms with van der Waals surface area (Å²) in [6.07, 6.45) is -4.43. The summed E-state index contributed by atoms with van der Waals surface area (Å²) in [4.78, 5) is 34.2. The molecule has 13 heavy (non-hydrogen) atoms. The van der Waals surface area contributed by atoms with Crippen molar-refractivity contribution in [2.24, 2.45) is 0 Å². The second kappa shape index (κ2) is 5.63. The molecule has 1 amide bonds. The van der Waals surface area contributed by atoms with Crippen LogP contribution >= 0.6 is 0 Å². The molecule has 0 spiro atoms. The number of hydrogen-bond acceptors (Lipinski definition) is 6. The highest BCUT2D eigenvalue weighted by atomic mass is 16.8. The van der Waals surface area contributed by atoms with Crippen LogP contribution in [0.1, 0.15) is 6.92 Å². The van der Waals surface area contributed by atoms with Gasteiger partial charge in [0.1, 0.15) is 0 Å². The molecule has 0 aromatic carbocycles. The third-order valence-corrected chi connectivity index (χ3v) is 0.664. The van der Waals surface area contributed by atoms with E-state index in [0.29, 0.717) is 0 Å². The van der Waals surface area contributed by atoms with Crippen molar-refractivity contribution in [3.8, 4) is 0 Å². The van der Waals surface area contributed by atoms with Gasteiger partial charge >= 0.3 is 18.4 Å². The number of carbonyl (C=O) groups is 3. The van der Waals surface area contributed by atoms with E-state index in [9.17, 15) is 14.4 Å². The standard InChI is InChI=1S/C5H7NO7/c1-2-11-3(7)6-13-5(10)12-4(8)9/h2H2,1H3,(H,6,7)(H,8,9). The largest absolute Gasteiger partial charge is 0.543 e. The molecule has 0 bridgehead atoms. The lowest BCUT2D eigenvalue weighted by atomic mass is 10.9. The Kier molecular flexibility index (Phi) is 4.77. The molecule has 0 aliphatic rings. The van der Waals surface area contributed by atoms with Crippen LogP contribution in [0, 0.1) is 0 Å². The Morgan fingerprint density at radius 2 is 2.00 bits per heavy atom. The van der Waals surface area contributed by atoms with E-state index in [1.165, 1.54) is 12.4 Å². The van der Waals surface area contributed by atoms with E-state index >= 15 is 0 Å². The molecule has 0 aromatic rings. The van der Waals surface area contributed by atoms with Gasteiger partial charge in [0, 0.05) is 0 Å². The molecule has 0 atom stereocenters. The smallest absolute Gasteiger partial charge is 0.449 e. The molecule has 0 radical (unpaired) electrons. The number of ether oxygens (including phenoxy) is 2. The minimum Gasteiger partial charge on any atom is -0.449 e. The van der Waals surface area contributed by atoms with Crippen molar-refractivity contribution in [1.29, 1.82) is 0 Å². The second-order valence-corrected chi connectivity index (χ2v) is 1.54. The van der Waals surface area contributed by atoms with E-state index in [1.807, 2.05) is 0 Å². The van der Waals surface area contributed by atoms with Crippen molar-refractivity contribution >= 4 is 18.4 Å². The molecule has 74 valence electrons. The molecule has 0 aliphatic carbocycles. The molecule has 0 heterocycles. The highest BCUT2D eigenvalue weighted by Crippen LogP contribution is 1.84. The van der Waals surface area contributed by atoms with E-state index in [4.69, 9.17) is 5.11 Å². The first-order chi connectivity index (χ1) is 6.06. The van der Waals surface area contributed by atoms with Crippen LogP contribution in [0.25, 0.3) is 0 Å². The van der Waals surface area contributed by atoms with Crippen molar-refractivity contribution < 1.29 is 33.8 Å². The summed E-state index contributed by atoms with van der Waals surface area (Å²) >= 11 is 0. The number of hydrogen-bond donors (Lipinski definition) is 2. The SMILES string of the molecule is CCOC(=O)NOC(=O)OC(=O)O. The number of rotatable bonds is 1. The Hall–Kier alpha value is -1.99. The summed E-state index contributed by atoms with van der Waals surface area (Å²) in [5.41, 5.74) is 1.49. The molecular weight excluding hydrogens is 186 g/mol. The molecule has 0 fully saturated rings. The average molecular weight is 193 g/mol. The van der Waals surface area contributed by atoms with Crippen molar-refractivity contribution in [2.75, 3.05) is 6.61 Å². The first kappa shape index (κ1) is 11.0. The predicted molar refractivity (Wildman–Crippen MR) is 35.7 cm³/mol. The maximum absolute atomic E-state index is 10.4. The van der Waals surface area contributed by atoms with Gasteiger partial charge in [-0.15, -0.1) is 5.48 Å². The van der Waals surface area contributed by atoms with Crippen LogP contribution in [-0.4, -0.2) is 30.1 Å². The molecule has 0 rings (SSSR count).